The summed E-state index contributed by atoms with van der Waals surface area (Å²) in [5, 5.41) is 0. The SMILES string of the molecule is CCCCCCCCC(C1CC1(F)F)C(C)(OCC)OCC. The maximum Gasteiger partial charge on any atom is 0.252 e. The van der Waals surface area contributed by atoms with Crippen LogP contribution in [0.5, 0.6) is 0 Å². The number of unbranched alkanes of at least 4 members (excludes halogenated alkanes) is 5. The van der Waals surface area contributed by atoms with Crippen LogP contribution in [-0.4, -0.2) is 24.9 Å². The van der Waals surface area contributed by atoms with Crippen LogP contribution in [0, 0.1) is 11.8 Å². The fourth-order valence-electron chi connectivity index (χ4n) is 3.47. The first-order valence-corrected chi connectivity index (χ1v) is 9.07. The normalized spacial score (nSPS) is 21.8. The highest BCUT2D eigenvalue weighted by Crippen LogP contribution is 2.57. The maximum atomic E-state index is 13.6. The van der Waals surface area contributed by atoms with Crippen molar-refractivity contribution in [2.75, 3.05) is 13.2 Å². The van der Waals surface area contributed by atoms with Gasteiger partial charge in [0.15, 0.2) is 5.79 Å². The van der Waals surface area contributed by atoms with E-state index in [1.807, 2.05) is 20.8 Å². The van der Waals surface area contributed by atoms with E-state index < -0.39 is 17.6 Å². The Labute approximate surface area is 134 Å². The second-order valence-corrected chi connectivity index (χ2v) is 6.62. The third-order valence-corrected chi connectivity index (χ3v) is 4.76. The summed E-state index contributed by atoms with van der Waals surface area (Å²) in [5.74, 6) is -4.19. The van der Waals surface area contributed by atoms with E-state index in [-0.39, 0.29) is 12.3 Å². The van der Waals surface area contributed by atoms with Crippen LogP contribution in [-0.2, 0) is 9.47 Å². The van der Waals surface area contributed by atoms with Gasteiger partial charge in [-0.2, -0.15) is 0 Å². The summed E-state index contributed by atoms with van der Waals surface area (Å²) >= 11 is 0. The Morgan fingerprint density at radius 1 is 1.00 bits per heavy atom. The minimum absolute atomic E-state index is 0.0107. The van der Waals surface area contributed by atoms with Gasteiger partial charge in [0.25, 0.3) is 5.92 Å². The quantitative estimate of drug-likeness (QED) is 0.315. The standard InChI is InChI=1S/C18H34F2O2/c1-5-8-9-10-11-12-13-15(16-14-18(16,19)20)17(4,21-6-2)22-7-3/h15-16H,5-14H2,1-4H3. The zero-order valence-corrected chi connectivity index (χ0v) is 14.8. The fourth-order valence-corrected chi connectivity index (χ4v) is 3.47. The van der Waals surface area contributed by atoms with E-state index in [2.05, 4.69) is 6.92 Å². The molecule has 0 saturated heterocycles. The predicted molar refractivity (Wildman–Crippen MR) is 86.2 cm³/mol. The Hall–Kier alpha value is -0.220. The van der Waals surface area contributed by atoms with E-state index in [4.69, 9.17) is 9.47 Å². The van der Waals surface area contributed by atoms with Crippen LogP contribution < -0.4 is 0 Å². The van der Waals surface area contributed by atoms with E-state index in [9.17, 15) is 8.78 Å². The van der Waals surface area contributed by atoms with Crippen molar-refractivity contribution in [1.29, 1.82) is 0 Å². The molecule has 0 aliphatic heterocycles. The van der Waals surface area contributed by atoms with Crippen molar-refractivity contribution < 1.29 is 18.3 Å². The highest BCUT2D eigenvalue weighted by atomic mass is 19.3. The number of hydrogen-bond acceptors (Lipinski definition) is 2. The summed E-state index contributed by atoms with van der Waals surface area (Å²) in [4.78, 5) is 0. The van der Waals surface area contributed by atoms with Gasteiger partial charge in [-0.3, -0.25) is 0 Å². The first-order chi connectivity index (χ1) is 10.4. The smallest absolute Gasteiger partial charge is 0.252 e. The third-order valence-electron chi connectivity index (χ3n) is 4.76. The molecule has 0 heterocycles. The second kappa shape index (κ2) is 9.17. The molecule has 1 aliphatic carbocycles. The molecule has 0 amide bonds. The number of hydrogen-bond donors (Lipinski definition) is 0. The van der Waals surface area contributed by atoms with Gasteiger partial charge in [-0.05, 0) is 27.2 Å². The van der Waals surface area contributed by atoms with Gasteiger partial charge in [-0.25, -0.2) is 8.78 Å². The molecular formula is C18H34F2O2. The summed E-state index contributed by atoms with van der Waals surface area (Å²) in [6.45, 7) is 8.80. The molecule has 0 aromatic rings. The van der Waals surface area contributed by atoms with Crippen molar-refractivity contribution in [3.8, 4) is 0 Å². The third kappa shape index (κ3) is 5.77. The van der Waals surface area contributed by atoms with Crippen molar-refractivity contribution in [3.63, 3.8) is 0 Å². The van der Waals surface area contributed by atoms with Crippen LogP contribution in [0.15, 0.2) is 0 Å². The summed E-state index contributed by atoms with van der Waals surface area (Å²) in [6, 6.07) is 0. The minimum Gasteiger partial charge on any atom is -0.350 e. The molecule has 0 bridgehead atoms. The first kappa shape index (κ1) is 19.8. The molecule has 1 rings (SSSR count). The van der Waals surface area contributed by atoms with Crippen LogP contribution in [0.2, 0.25) is 0 Å². The molecule has 22 heavy (non-hydrogen) atoms. The molecule has 2 nitrogen and oxygen atoms in total. The topological polar surface area (TPSA) is 18.5 Å². The molecule has 1 fully saturated rings. The average Bonchev–Trinajstić information content (AvgIpc) is 3.06. The Morgan fingerprint density at radius 3 is 1.95 bits per heavy atom. The molecule has 0 aromatic carbocycles. The van der Waals surface area contributed by atoms with Gasteiger partial charge in [-0.15, -0.1) is 0 Å². The van der Waals surface area contributed by atoms with Crippen molar-refractivity contribution in [2.45, 2.75) is 90.8 Å². The van der Waals surface area contributed by atoms with E-state index in [1.165, 1.54) is 25.7 Å². The Bertz CT molecular complexity index is 301. The van der Waals surface area contributed by atoms with Crippen molar-refractivity contribution >= 4 is 0 Å². The minimum atomic E-state index is -2.53. The summed E-state index contributed by atoms with van der Waals surface area (Å²) in [5.41, 5.74) is 0. The Morgan fingerprint density at radius 2 is 1.50 bits per heavy atom. The Balaban J connectivity index is 2.56. The highest BCUT2D eigenvalue weighted by molar-refractivity contribution is 5.02. The monoisotopic (exact) mass is 320 g/mol. The summed E-state index contributed by atoms with van der Waals surface area (Å²) < 4.78 is 38.8. The van der Waals surface area contributed by atoms with E-state index in [1.54, 1.807) is 0 Å². The van der Waals surface area contributed by atoms with Gasteiger partial charge in [0.05, 0.1) is 0 Å². The van der Waals surface area contributed by atoms with Crippen LogP contribution in [0.1, 0.15) is 79.1 Å². The fraction of sp³-hybridized carbons (Fsp3) is 1.00. The predicted octanol–water partition coefficient (Wildman–Crippen LogP) is 5.80. The zero-order valence-electron chi connectivity index (χ0n) is 14.8. The van der Waals surface area contributed by atoms with Crippen molar-refractivity contribution in [1.82, 2.24) is 0 Å². The molecular weight excluding hydrogens is 286 g/mol. The van der Waals surface area contributed by atoms with Crippen molar-refractivity contribution in [2.24, 2.45) is 11.8 Å². The largest absolute Gasteiger partial charge is 0.350 e. The van der Waals surface area contributed by atoms with Gasteiger partial charge in [0.2, 0.25) is 0 Å². The van der Waals surface area contributed by atoms with Crippen LogP contribution in [0.25, 0.3) is 0 Å². The molecule has 2 unspecified atom stereocenters. The maximum absolute atomic E-state index is 13.6. The van der Waals surface area contributed by atoms with Crippen molar-refractivity contribution in [3.05, 3.63) is 0 Å². The van der Waals surface area contributed by atoms with Gasteiger partial charge >= 0.3 is 0 Å². The number of halogens is 2. The van der Waals surface area contributed by atoms with Gasteiger partial charge in [0, 0.05) is 31.5 Å². The lowest BCUT2D eigenvalue weighted by Crippen LogP contribution is -2.43. The van der Waals surface area contributed by atoms with Gasteiger partial charge in [-0.1, -0.05) is 45.4 Å². The number of alkyl halides is 2. The molecule has 1 aliphatic rings. The zero-order chi connectivity index (χ0) is 16.6. The lowest BCUT2D eigenvalue weighted by molar-refractivity contribution is -0.260. The van der Waals surface area contributed by atoms with Crippen LogP contribution in [0.4, 0.5) is 8.78 Å². The molecule has 0 aromatic heterocycles. The molecule has 0 radical (unpaired) electrons. The molecule has 132 valence electrons. The average molecular weight is 320 g/mol. The van der Waals surface area contributed by atoms with E-state index in [0.717, 1.165) is 19.3 Å². The van der Waals surface area contributed by atoms with Gasteiger partial charge in [0.1, 0.15) is 0 Å². The first-order valence-electron chi connectivity index (χ1n) is 9.07. The highest BCUT2D eigenvalue weighted by Gasteiger charge is 2.64. The molecule has 0 N–H and O–H groups in total. The van der Waals surface area contributed by atoms with E-state index >= 15 is 0 Å². The molecule has 4 heteroatoms. The number of ether oxygens (including phenoxy) is 2. The lowest BCUT2D eigenvalue weighted by atomic mass is 9.88. The summed E-state index contributed by atoms with van der Waals surface area (Å²) in [7, 11) is 0. The van der Waals surface area contributed by atoms with Gasteiger partial charge < -0.3 is 9.47 Å². The molecule has 0 spiro atoms. The second-order valence-electron chi connectivity index (χ2n) is 6.62. The van der Waals surface area contributed by atoms with Crippen LogP contribution >= 0.6 is 0 Å². The number of rotatable bonds is 13. The lowest BCUT2D eigenvalue weighted by Gasteiger charge is -2.37. The van der Waals surface area contributed by atoms with Crippen LogP contribution in [0.3, 0.4) is 0 Å². The molecule has 2 atom stereocenters. The Kier molecular flexibility index (Phi) is 8.26. The summed E-state index contributed by atoms with van der Waals surface area (Å²) in [6.07, 6.45) is 7.78. The van der Waals surface area contributed by atoms with E-state index in [0.29, 0.717) is 13.2 Å². The molecule has 1 saturated carbocycles.